The number of quaternary nitrogens is 1. The van der Waals surface area contributed by atoms with Crippen molar-refractivity contribution in [1.82, 2.24) is 25.4 Å². The number of nitrogens with two attached hydrogens (primary N) is 1. The number of piperidine rings is 1. The molecule has 2 aliphatic heterocycles. The first-order chi connectivity index (χ1) is 43.2. The number of nitrogens with zero attached hydrogens (tertiary/aromatic N) is 4. The Kier molecular flexibility index (Phi) is 27.3. The molecule has 0 radical (unpaired) electrons. The number of carbonyl (C=O) groups is 11. The van der Waals surface area contributed by atoms with Gasteiger partial charge < -0.3 is 40.9 Å². The van der Waals surface area contributed by atoms with Crippen LogP contribution >= 0.6 is 11.3 Å². The SMILES string of the molecule is CCC(C)C(CC(=O)C1CCCC[N+]1(C)Cc1ccc(NC(=O)[C@H](CCCNC(N)=O)CC(=O)C2(C(=O)CCCCCCN3C(=O)C=CC3=O)CCC2)cc1)C(=O)N(C)C(CC(OC(C)=O)c1nc(C(=O)NC(Cc2ccccc2)CC(C)C(=O)O)cs1)C(C)C. The fourth-order valence-electron chi connectivity index (χ4n) is 13.2. The number of carboxylic acid groups (broad SMARTS) is 1. The maximum Gasteiger partial charge on any atom is 0.312 e. The predicted octanol–water partition coefficient (Wildman–Crippen LogP) is 9.47. The first-order valence-electron chi connectivity index (χ1n) is 32.6. The summed E-state index contributed by atoms with van der Waals surface area (Å²) in [5.74, 6) is -6.10. The fraction of sp³-hybridized carbons (Fsp3) is 0.594. The van der Waals surface area contributed by atoms with E-state index in [4.69, 9.17) is 10.5 Å². The molecule has 22 heteroatoms. The highest BCUT2D eigenvalue weighted by molar-refractivity contribution is 7.09. The Morgan fingerprint density at radius 3 is 2.15 bits per heavy atom. The van der Waals surface area contributed by atoms with Gasteiger partial charge in [-0.05, 0) is 93.7 Å². The van der Waals surface area contributed by atoms with E-state index in [0.29, 0.717) is 92.5 Å². The number of aliphatic carboxylic acids is 1. The summed E-state index contributed by atoms with van der Waals surface area (Å²) < 4.78 is 6.32. The highest BCUT2D eigenvalue weighted by atomic mass is 32.1. The van der Waals surface area contributed by atoms with Crippen LogP contribution < -0.4 is 21.7 Å². The van der Waals surface area contributed by atoms with Gasteiger partial charge in [-0.3, -0.25) is 52.8 Å². The fourth-order valence-corrected chi connectivity index (χ4v) is 14.0. The van der Waals surface area contributed by atoms with Gasteiger partial charge in [-0.25, -0.2) is 9.78 Å². The van der Waals surface area contributed by atoms with Gasteiger partial charge in [-0.1, -0.05) is 103 Å². The van der Waals surface area contributed by atoms with Crippen LogP contribution in [0.5, 0.6) is 0 Å². The summed E-state index contributed by atoms with van der Waals surface area (Å²) in [6.45, 7) is 12.6. The molecular formula is C69H97N8O13S+. The average molecular weight is 1280 g/mol. The van der Waals surface area contributed by atoms with E-state index in [9.17, 15) is 57.8 Å². The van der Waals surface area contributed by atoms with Crippen molar-refractivity contribution in [1.29, 1.82) is 0 Å². The molecule has 1 aliphatic carbocycles. The second kappa shape index (κ2) is 34.3. The number of unbranched alkanes of at least 4 members (excludes halogenated alkanes) is 3. The minimum absolute atomic E-state index is 0.00626. The lowest BCUT2D eigenvalue weighted by atomic mass is 9.61. The smallest absolute Gasteiger partial charge is 0.312 e. The Morgan fingerprint density at radius 2 is 1.54 bits per heavy atom. The molecule has 6 N–H and O–H groups in total. The first kappa shape index (κ1) is 72.6. The molecule has 1 aromatic heterocycles. The molecule has 2 aromatic carbocycles. The van der Waals surface area contributed by atoms with Crippen molar-refractivity contribution in [2.24, 2.45) is 40.7 Å². The van der Waals surface area contributed by atoms with Crippen molar-refractivity contribution in [3.8, 4) is 0 Å². The Hall–Kier alpha value is -7.46. The van der Waals surface area contributed by atoms with Crippen molar-refractivity contribution in [2.45, 2.75) is 194 Å². The number of rotatable bonds is 38. The van der Waals surface area contributed by atoms with Gasteiger partial charge in [0.25, 0.3) is 17.7 Å². The van der Waals surface area contributed by atoms with Gasteiger partial charge in [0.1, 0.15) is 34.9 Å². The number of carbonyl (C=O) groups excluding carboxylic acids is 10. The van der Waals surface area contributed by atoms with E-state index in [1.807, 2.05) is 70.2 Å². The number of esters is 1. The van der Waals surface area contributed by atoms with Crippen LogP contribution in [0.25, 0.3) is 0 Å². The zero-order valence-corrected chi connectivity index (χ0v) is 55.3. The molecule has 0 bridgehead atoms. The van der Waals surface area contributed by atoms with Gasteiger partial charge in [0.15, 0.2) is 11.9 Å². The number of urea groups is 1. The number of amides is 7. The lowest BCUT2D eigenvalue weighted by Crippen LogP contribution is -2.58. The molecule has 6 rings (SSSR count). The van der Waals surface area contributed by atoms with Crippen LogP contribution in [-0.4, -0.2) is 141 Å². The number of likely N-dealkylation sites (tertiary alicyclic amines) is 1. The van der Waals surface area contributed by atoms with Gasteiger partial charge in [0.2, 0.25) is 11.8 Å². The lowest BCUT2D eigenvalue weighted by molar-refractivity contribution is -0.941. The molecule has 3 heterocycles. The van der Waals surface area contributed by atoms with E-state index >= 15 is 0 Å². The van der Waals surface area contributed by atoms with E-state index in [1.54, 1.807) is 36.4 Å². The number of imide groups is 1. The molecule has 1 saturated heterocycles. The number of carboxylic acids is 1. The summed E-state index contributed by atoms with van der Waals surface area (Å²) in [5.41, 5.74) is 6.63. The molecule has 0 spiro atoms. The number of Topliss-reactive ketones (excluding diaryl/α,β-unsaturated/α-hetero) is 3. The molecule has 3 aromatic rings. The minimum atomic E-state index is -1.14. The Morgan fingerprint density at radius 1 is 0.857 bits per heavy atom. The number of benzene rings is 2. The Labute approximate surface area is 540 Å². The van der Waals surface area contributed by atoms with Gasteiger partial charge in [-0.2, -0.15) is 0 Å². The van der Waals surface area contributed by atoms with Crippen LogP contribution in [0.1, 0.15) is 190 Å². The third-order valence-electron chi connectivity index (χ3n) is 19.0. The number of thiazole rings is 1. The Bertz CT molecular complexity index is 3050. The molecular weight excluding hydrogens is 1180 g/mol. The number of hydrogen-bond acceptors (Lipinski definition) is 14. The van der Waals surface area contributed by atoms with Crippen LogP contribution in [0, 0.1) is 35.0 Å². The maximum absolute atomic E-state index is 15.0. The predicted molar refractivity (Wildman–Crippen MR) is 346 cm³/mol. The number of hydrogen-bond donors (Lipinski definition) is 5. The monoisotopic (exact) mass is 1280 g/mol. The second-order valence-electron chi connectivity index (χ2n) is 26.2. The molecule has 7 amide bonds. The molecule has 9 atom stereocenters. The number of anilines is 1. The zero-order chi connectivity index (χ0) is 66.6. The Balaban J connectivity index is 1.09. The summed E-state index contributed by atoms with van der Waals surface area (Å²) in [4.78, 5) is 153. The van der Waals surface area contributed by atoms with Crippen molar-refractivity contribution < 1.29 is 67.1 Å². The van der Waals surface area contributed by atoms with Crippen LogP contribution in [-0.2, 0) is 60.9 Å². The minimum Gasteiger partial charge on any atom is -0.481 e. The molecule has 496 valence electrons. The van der Waals surface area contributed by atoms with E-state index < -0.39 is 71.3 Å². The highest BCUT2D eigenvalue weighted by Crippen LogP contribution is 2.46. The zero-order valence-electron chi connectivity index (χ0n) is 54.5. The number of likely N-dealkylation sites (N-methyl/N-ethyl adjacent to an activating group) is 1. The summed E-state index contributed by atoms with van der Waals surface area (Å²) in [5, 5.41) is 20.2. The lowest BCUT2D eigenvalue weighted by Gasteiger charge is -2.44. The molecule has 21 nitrogen and oxygen atoms in total. The van der Waals surface area contributed by atoms with Gasteiger partial charge in [0, 0.05) is 112 Å². The highest BCUT2D eigenvalue weighted by Gasteiger charge is 2.50. The quantitative estimate of drug-likeness (QED) is 0.0117. The van der Waals surface area contributed by atoms with Crippen LogP contribution in [0.15, 0.2) is 72.1 Å². The van der Waals surface area contributed by atoms with Crippen molar-refractivity contribution >= 4 is 81.9 Å². The third kappa shape index (κ3) is 20.5. The number of ether oxygens (including phenoxy) is 1. The van der Waals surface area contributed by atoms with Crippen LogP contribution in [0.2, 0.25) is 0 Å². The standard InChI is InChI=1S/C69H96N8O13S/c1-9-45(4)53(66(86)75(7)55(44(2)3)41-58(90-47(6)78)65-74-54(43-91-65)64(85)73-52(37-46(5)67(87)88)38-48-21-13-12-14-22-48)40-57(79)56-24-16-18-36-77(56,8)42-49-26-28-51(29-27-49)72-63(84)50(23-19-34-71-68(70)89)39-60(81)69(32-20-33-69)59(80)25-15-10-11-17-35-76-61(82)30-31-62(76)83/h12-14,21-22,26-31,43-46,50,52-53,55-56,58H,9-11,15-20,23-25,32-42H2,1-8H3,(H5-,70,71,72,73,84,85,87,88,89)/p+1/t45?,46?,50-,52?,53?,55?,56?,58?,77?/m1/s1. The number of aromatic nitrogens is 1. The third-order valence-corrected chi connectivity index (χ3v) is 20.0. The van der Waals surface area contributed by atoms with Gasteiger partial charge >= 0.3 is 18.0 Å². The molecule has 1 saturated carbocycles. The number of primary amides is 1. The molecule has 91 heavy (non-hydrogen) atoms. The molecule has 2 fully saturated rings. The number of nitrogens with one attached hydrogen (secondary N) is 3. The van der Waals surface area contributed by atoms with Crippen LogP contribution in [0.3, 0.4) is 0 Å². The topological polar surface area (TPSA) is 299 Å². The van der Waals surface area contributed by atoms with Gasteiger partial charge in [0.05, 0.1) is 24.9 Å². The van der Waals surface area contributed by atoms with Crippen molar-refractivity contribution in [3.63, 3.8) is 0 Å². The normalized spacial score (nSPS) is 19.2. The van der Waals surface area contributed by atoms with E-state index in [1.165, 1.54) is 24.0 Å². The van der Waals surface area contributed by atoms with Crippen molar-refractivity contribution in [2.75, 3.05) is 39.0 Å². The number of ketones is 3. The maximum atomic E-state index is 15.0. The van der Waals surface area contributed by atoms with E-state index in [2.05, 4.69) is 28.0 Å². The largest absolute Gasteiger partial charge is 0.481 e. The summed E-state index contributed by atoms with van der Waals surface area (Å²) >= 11 is 1.16. The van der Waals surface area contributed by atoms with Crippen molar-refractivity contribution in [3.05, 3.63) is 94.0 Å². The first-order valence-corrected chi connectivity index (χ1v) is 33.5. The molecule has 8 unspecified atom stereocenters. The average Bonchev–Trinajstić information content (AvgIpc) is 1.30. The van der Waals surface area contributed by atoms with E-state index in [-0.39, 0.29) is 104 Å². The van der Waals surface area contributed by atoms with Crippen LogP contribution in [0.4, 0.5) is 10.5 Å². The summed E-state index contributed by atoms with van der Waals surface area (Å²) in [6.07, 6.45) is 10.3. The summed E-state index contributed by atoms with van der Waals surface area (Å²) in [7, 11) is 3.81. The van der Waals surface area contributed by atoms with Gasteiger partial charge in [-0.15, -0.1) is 11.3 Å². The summed E-state index contributed by atoms with van der Waals surface area (Å²) in [6, 6.07) is 14.8. The molecule has 3 aliphatic rings. The second-order valence-corrected chi connectivity index (χ2v) is 27.1. The van der Waals surface area contributed by atoms with E-state index in [0.717, 1.165) is 48.3 Å².